The molecule has 271 valence electrons. The first-order valence-electron chi connectivity index (χ1n) is 18.1. The Labute approximate surface area is 316 Å². The number of nitrogens with zero attached hydrogens (tertiary/aromatic N) is 3. The van der Waals surface area contributed by atoms with E-state index in [1.165, 1.54) is 22.4 Å². The monoisotopic (exact) mass is 863 g/mol. The number of benzene rings is 3. The van der Waals surface area contributed by atoms with E-state index in [1.54, 1.807) is 6.20 Å². The van der Waals surface area contributed by atoms with Crippen LogP contribution in [0.4, 0.5) is 0 Å². The van der Waals surface area contributed by atoms with Crippen molar-refractivity contribution in [2.24, 2.45) is 16.7 Å². The van der Waals surface area contributed by atoms with Crippen LogP contribution in [-0.4, -0.2) is 25.8 Å². The maximum absolute atomic E-state index is 12.2. The Morgan fingerprint density at radius 1 is 0.902 bits per heavy atom. The van der Waals surface area contributed by atoms with Crippen molar-refractivity contribution in [2.75, 3.05) is 0 Å². The molecule has 3 heterocycles. The van der Waals surface area contributed by atoms with Gasteiger partial charge in [0.1, 0.15) is 11.6 Å². The van der Waals surface area contributed by atoms with Gasteiger partial charge >= 0.3 is 0 Å². The average Bonchev–Trinajstić information content (AvgIpc) is 3.51. The van der Waals surface area contributed by atoms with Crippen molar-refractivity contribution >= 4 is 49.5 Å². The first-order valence-corrected chi connectivity index (χ1v) is 18.1. The van der Waals surface area contributed by atoms with Gasteiger partial charge in [-0.2, -0.15) is 0 Å². The molecule has 6 aromatic rings. The summed E-state index contributed by atoms with van der Waals surface area (Å²) < 4.78 is 6.27. The molecule has 0 saturated carbocycles. The predicted molar refractivity (Wildman–Crippen MR) is 208 cm³/mol. The van der Waals surface area contributed by atoms with Crippen LogP contribution in [0.3, 0.4) is 0 Å². The van der Waals surface area contributed by atoms with E-state index >= 15 is 0 Å². The van der Waals surface area contributed by atoms with Gasteiger partial charge in [0.15, 0.2) is 5.78 Å². The average molecular weight is 863 g/mol. The number of carbonyl (C=O) groups excluding carboxylic acids is 1. The summed E-state index contributed by atoms with van der Waals surface area (Å²) in [5.74, 6) is 1.58. The first-order chi connectivity index (χ1) is 23.8. The second-order valence-corrected chi connectivity index (χ2v) is 14.6. The Balaban J connectivity index is 0.000000279. The largest absolute Gasteiger partial charge is 0.512 e. The summed E-state index contributed by atoms with van der Waals surface area (Å²) in [5, 5.41) is 15.6. The molecule has 0 aliphatic carbocycles. The van der Waals surface area contributed by atoms with Crippen LogP contribution in [0.1, 0.15) is 98.0 Å². The number of aromatic nitrogens is 3. The van der Waals surface area contributed by atoms with E-state index in [1.807, 2.05) is 60.6 Å². The van der Waals surface area contributed by atoms with Gasteiger partial charge in [-0.05, 0) is 73.4 Å². The molecule has 3 aromatic carbocycles. The van der Waals surface area contributed by atoms with E-state index < -0.39 is 0 Å². The molecule has 0 aliphatic heterocycles. The molecule has 3 aromatic heterocycles. The van der Waals surface area contributed by atoms with Gasteiger partial charge in [0.05, 0.1) is 11.1 Å². The third-order valence-corrected chi connectivity index (χ3v) is 10.9. The Bertz CT molecular complexity index is 2210. The van der Waals surface area contributed by atoms with E-state index in [0.717, 1.165) is 82.0 Å². The number of aliphatic hydroxyl groups is 1. The molecule has 1 radical (unpaired) electrons. The van der Waals surface area contributed by atoms with Gasteiger partial charge in [-0.25, -0.2) is 9.97 Å². The van der Waals surface area contributed by atoms with Crippen molar-refractivity contribution in [3.05, 3.63) is 89.6 Å². The van der Waals surface area contributed by atoms with Crippen molar-refractivity contribution in [1.82, 2.24) is 15.0 Å². The summed E-state index contributed by atoms with van der Waals surface area (Å²) in [7, 11) is 0. The zero-order chi connectivity index (χ0) is 36.4. The summed E-state index contributed by atoms with van der Waals surface area (Å²) in [6.07, 6.45) is 7.52. The molecular weight excluding hydrogens is 811 g/mol. The molecule has 1 N–H and O–H groups in total. The van der Waals surface area contributed by atoms with Crippen molar-refractivity contribution < 1.29 is 34.4 Å². The minimum absolute atomic E-state index is 0. The van der Waals surface area contributed by atoms with Gasteiger partial charge in [-0.1, -0.05) is 104 Å². The number of carbonyl (C=O) groups is 1. The summed E-state index contributed by atoms with van der Waals surface area (Å²) >= 11 is 0. The van der Waals surface area contributed by atoms with Crippen LogP contribution in [0.5, 0.6) is 0 Å². The predicted octanol–water partition coefficient (Wildman–Crippen LogP) is 12.0. The smallest absolute Gasteiger partial charge is 0.216 e. The number of allylic oxidation sites excluding steroid dienone is 2. The molecule has 7 heteroatoms. The standard InChI is InChI=1S/C29H24N3O.C15H28O2.Ir/c1-16(2)15-20-8-5-7-19-11-13-22-26(31-18(4)32-27(22)25(19)20)23-12-10-17(3)24-21-9-6-14-30-29(21)33-28(23)24;1-7-14(5,8-2)12(16)11-13(17)15(6,9-3)10-4;/h5-11,13-14,16H,15H2,1-4H3;11,16H,7-10H2,1-6H3;/q-1;;/b;12-11-;. The van der Waals surface area contributed by atoms with Crippen LogP contribution < -0.4 is 0 Å². The number of fused-ring (bicyclic) bond motifs is 6. The Morgan fingerprint density at radius 2 is 1.59 bits per heavy atom. The number of aryl methyl sites for hydroxylation is 2. The zero-order valence-corrected chi connectivity index (χ0v) is 34.2. The molecule has 0 fully saturated rings. The number of furan rings is 1. The van der Waals surface area contributed by atoms with E-state index in [4.69, 9.17) is 14.4 Å². The van der Waals surface area contributed by atoms with Gasteiger partial charge < -0.3 is 9.52 Å². The minimum atomic E-state index is -0.337. The van der Waals surface area contributed by atoms with Gasteiger partial charge in [-0.3, -0.25) is 9.78 Å². The Hall–Kier alpha value is -3.93. The van der Waals surface area contributed by atoms with Gasteiger partial charge in [0.2, 0.25) is 5.71 Å². The molecule has 0 atom stereocenters. The minimum Gasteiger partial charge on any atom is -0.512 e. The number of aliphatic hydroxyl groups excluding tert-OH is 1. The molecule has 0 spiro atoms. The first kappa shape index (κ1) is 39.8. The van der Waals surface area contributed by atoms with Gasteiger partial charge in [0.25, 0.3) is 0 Å². The summed E-state index contributed by atoms with van der Waals surface area (Å²) in [6, 6.07) is 20.3. The second-order valence-electron chi connectivity index (χ2n) is 14.6. The summed E-state index contributed by atoms with van der Waals surface area (Å²) in [4.78, 5) is 26.4. The fraction of sp³-hybridized carbons (Fsp3) is 0.409. The third kappa shape index (κ3) is 7.80. The number of hydrogen-bond acceptors (Lipinski definition) is 6. The molecule has 0 amide bonds. The quantitative estimate of drug-likeness (QED) is 0.0639. The molecule has 0 bridgehead atoms. The van der Waals surface area contributed by atoms with Gasteiger partial charge in [-0.15, -0.1) is 17.7 Å². The van der Waals surface area contributed by atoms with Crippen LogP contribution in [0, 0.1) is 36.7 Å². The van der Waals surface area contributed by atoms with Crippen LogP contribution in [0.25, 0.3) is 55.0 Å². The molecule has 0 saturated heterocycles. The zero-order valence-electron chi connectivity index (χ0n) is 31.8. The normalized spacial score (nSPS) is 12.4. The molecular formula is C44H52IrN3O3-. The van der Waals surface area contributed by atoms with Crippen LogP contribution in [0.15, 0.2) is 71.0 Å². The van der Waals surface area contributed by atoms with Crippen molar-refractivity contribution in [2.45, 2.75) is 101 Å². The maximum atomic E-state index is 12.2. The number of pyridine rings is 1. The molecule has 0 aliphatic rings. The van der Waals surface area contributed by atoms with E-state index in [-0.39, 0.29) is 42.5 Å². The maximum Gasteiger partial charge on any atom is 0.216 e. The van der Waals surface area contributed by atoms with Crippen molar-refractivity contribution in [3.63, 3.8) is 0 Å². The fourth-order valence-corrected chi connectivity index (χ4v) is 6.63. The Kier molecular flexibility index (Phi) is 12.6. The molecule has 0 unspecified atom stereocenters. The summed E-state index contributed by atoms with van der Waals surface area (Å²) in [6.45, 7) is 20.6. The van der Waals surface area contributed by atoms with E-state index in [2.05, 4.69) is 68.2 Å². The van der Waals surface area contributed by atoms with Crippen LogP contribution in [-0.2, 0) is 31.3 Å². The second kappa shape index (κ2) is 16.2. The fourth-order valence-electron chi connectivity index (χ4n) is 6.63. The third-order valence-electron chi connectivity index (χ3n) is 10.9. The van der Waals surface area contributed by atoms with Crippen molar-refractivity contribution in [1.29, 1.82) is 0 Å². The Morgan fingerprint density at radius 3 is 2.24 bits per heavy atom. The SMILES string of the molecule is CCC(C)(CC)C(=O)/C=C(\O)C(C)(CC)CC.Cc1nc(-c2[c-]cc(C)c3c2oc2ncccc23)c2ccc3cccc(CC(C)C)c3c2n1.[Ir]. The van der Waals surface area contributed by atoms with E-state index in [0.29, 0.717) is 11.6 Å². The van der Waals surface area contributed by atoms with Crippen molar-refractivity contribution in [3.8, 4) is 11.3 Å². The number of rotatable bonds is 10. The number of ketones is 1. The van der Waals surface area contributed by atoms with Crippen LogP contribution in [0.2, 0.25) is 0 Å². The van der Waals surface area contributed by atoms with E-state index in [9.17, 15) is 9.90 Å². The molecule has 51 heavy (non-hydrogen) atoms. The number of hydrogen-bond donors (Lipinski definition) is 1. The molecule has 6 rings (SSSR count). The topological polar surface area (TPSA) is 89.1 Å². The summed E-state index contributed by atoms with van der Waals surface area (Å²) in [5.41, 5.74) is 5.93. The van der Waals surface area contributed by atoms with Crippen LogP contribution >= 0.6 is 0 Å². The van der Waals surface area contributed by atoms with Gasteiger partial charge in [0, 0.05) is 59.7 Å². The molecule has 6 nitrogen and oxygen atoms in total.